The molecule has 1 aromatic heterocycles. The average molecular weight is 353 g/mol. The first-order valence-corrected chi connectivity index (χ1v) is 8.25. The molecule has 1 amide bonds. The molecule has 2 atom stereocenters. The van der Waals surface area contributed by atoms with Gasteiger partial charge in [0.05, 0.1) is 17.7 Å². The molecular formula is C16H17ClN2O3S. The molecule has 2 N–H and O–H groups in total. The van der Waals surface area contributed by atoms with Crippen molar-refractivity contribution < 1.29 is 14.7 Å². The molecule has 2 unspecified atom stereocenters. The van der Waals surface area contributed by atoms with Crippen LogP contribution in [0.2, 0.25) is 5.02 Å². The second-order valence-electron chi connectivity index (χ2n) is 5.28. The SMILES string of the molecule is Cc1nc(C(C)NC(=O)C(C)c2cccc(Cl)c2)sc1C(=O)O. The van der Waals surface area contributed by atoms with Crippen molar-refractivity contribution >= 4 is 34.8 Å². The van der Waals surface area contributed by atoms with Crippen LogP contribution in [0.4, 0.5) is 0 Å². The number of hydrogen-bond donors (Lipinski definition) is 2. The molecule has 0 aliphatic heterocycles. The topological polar surface area (TPSA) is 79.3 Å². The summed E-state index contributed by atoms with van der Waals surface area (Å²) >= 11 is 7.03. The standard InChI is InChI=1S/C16H17ClN2O3S/c1-8(11-5-4-6-12(17)7-11)14(20)18-10(3)15-19-9(2)13(23-15)16(21)22/h4-8,10H,1-3H3,(H,18,20)(H,21,22). The number of aromatic carboxylic acids is 1. The van der Waals surface area contributed by atoms with Gasteiger partial charge in [0.1, 0.15) is 9.88 Å². The molecule has 0 aliphatic carbocycles. The predicted molar refractivity (Wildman–Crippen MR) is 90.2 cm³/mol. The molecule has 5 nitrogen and oxygen atoms in total. The Bertz CT molecular complexity index is 745. The Morgan fingerprint density at radius 2 is 2.04 bits per heavy atom. The molecule has 2 aromatic rings. The number of thiazole rings is 1. The van der Waals surface area contributed by atoms with Crippen molar-refractivity contribution in [1.82, 2.24) is 10.3 Å². The number of nitrogens with zero attached hydrogens (tertiary/aromatic N) is 1. The Kier molecular flexibility index (Phi) is 5.38. The number of aryl methyl sites for hydroxylation is 1. The first kappa shape index (κ1) is 17.4. The van der Waals surface area contributed by atoms with Gasteiger partial charge in [-0.25, -0.2) is 9.78 Å². The summed E-state index contributed by atoms with van der Waals surface area (Å²) in [4.78, 5) is 27.9. The van der Waals surface area contributed by atoms with Gasteiger partial charge in [0.2, 0.25) is 5.91 Å². The van der Waals surface area contributed by atoms with E-state index in [4.69, 9.17) is 16.7 Å². The number of halogens is 1. The summed E-state index contributed by atoms with van der Waals surface area (Å²) in [6.45, 7) is 5.22. The van der Waals surface area contributed by atoms with Crippen LogP contribution in [0.3, 0.4) is 0 Å². The molecule has 1 heterocycles. The third-order valence-corrected chi connectivity index (χ3v) is 5.04. The quantitative estimate of drug-likeness (QED) is 0.858. The maximum absolute atomic E-state index is 12.4. The van der Waals surface area contributed by atoms with E-state index in [1.54, 1.807) is 39.0 Å². The van der Waals surface area contributed by atoms with Gasteiger partial charge in [-0.2, -0.15) is 0 Å². The van der Waals surface area contributed by atoms with Crippen molar-refractivity contribution in [2.24, 2.45) is 0 Å². The number of carboxylic acids is 1. The lowest BCUT2D eigenvalue weighted by atomic mass is 10.0. The Labute approximate surface area is 143 Å². The first-order chi connectivity index (χ1) is 10.8. The van der Waals surface area contributed by atoms with Crippen molar-refractivity contribution in [3.05, 3.63) is 50.4 Å². The van der Waals surface area contributed by atoms with Crippen LogP contribution in [0, 0.1) is 6.92 Å². The average Bonchev–Trinajstić information content (AvgIpc) is 2.88. The van der Waals surface area contributed by atoms with E-state index in [1.807, 2.05) is 6.07 Å². The molecular weight excluding hydrogens is 336 g/mol. The summed E-state index contributed by atoms with van der Waals surface area (Å²) in [5.74, 6) is -1.53. The summed E-state index contributed by atoms with van der Waals surface area (Å²) < 4.78 is 0. The summed E-state index contributed by atoms with van der Waals surface area (Å²) in [5.41, 5.74) is 1.28. The second kappa shape index (κ2) is 7.10. The molecule has 0 aliphatic rings. The fourth-order valence-electron chi connectivity index (χ4n) is 2.13. The van der Waals surface area contributed by atoms with E-state index in [2.05, 4.69) is 10.3 Å². The van der Waals surface area contributed by atoms with E-state index >= 15 is 0 Å². The van der Waals surface area contributed by atoms with Gasteiger partial charge in [-0.15, -0.1) is 11.3 Å². The number of carboxylic acid groups (broad SMARTS) is 1. The van der Waals surface area contributed by atoms with Gasteiger partial charge >= 0.3 is 5.97 Å². The van der Waals surface area contributed by atoms with E-state index in [-0.39, 0.29) is 22.7 Å². The zero-order valence-electron chi connectivity index (χ0n) is 13.0. The number of hydrogen-bond acceptors (Lipinski definition) is 4. The summed E-state index contributed by atoms with van der Waals surface area (Å²) in [6, 6.07) is 6.79. The van der Waals surface area contributed by atoms with Crippen LogP contribution in [0.25, 0.3) is 0 Å². The minimum atomic E-state index is -1.00. The predicted octanol–water partition coefficient (Wildman–Crippen LogP) is 3.78. The zero-order chi connectivity index (χ0) is 17.1. The van der Waals surface area contributed by atoms with Crippen molar-refractivity contribution in [2.75, 3.05) is 0 Å². The lowest BCUT2D eigenvalue weighted by Gasteiger charge is -2.16. The fourth-order valence-corrected chi connectivity index (χ4v) is 3.24. The molecule has 0 radical (unpaired) electrons. The smallest absolute Gasteiger partial charge is 0.347 e. The van der Waals surface area contributed by atoms with E-state index in [1.165, 1.54) is 0 Å². The number of carbonyl (C=O) groups excluding carboxylic acids is 1. The Balaban J connectivity index is 2.10. The Morgan fingerprint density at radius 1 is 1.35 bits per heavy atom. The van der Waals surface area contributed by atoms with Crippen LogP contribution in [0.1, 0.15) is 51.7 Å². The van der Waals surface area contributed by atoms with Crippen molar-refractivity contribution in [3.8, 4) is 0 Å². The maximum Gasteiger partial charge on any atom is 0.347 e. The van der Waals surface area contributed by atoms with Gasteiger partial charge in [-0.05, 0) is 38.5 Å². The number of benzene rings is 1. The zero-order valence-corrected chi connectivity index (χ0v) is 14.5. The van der Waals surface area contributed by atoms with Crippen molar-refractivity contribution in [3.63, 3.8) is 0 Å². The Hall–Kier alpha value is -1.92. The van der Waals surface area contributed by atoms with Gasteiger partial charge < -0.3 is 10.4 Å². The van der Waals surface area contributed by atoms with Crippen LogP contribution in [0.5, 0.6) is 0 Å². The normalized spacial score (nSPS) is 13.4. The minimum absolute atomic E-state index is 0.163. The number of nitrogens with one attached hydrogen (secondary N) is 1. The third kappa shape index (κ3) is 4.09. The van der Waals surface area contributed by atoms with Crippen LogP contribution in [-0.2, 0) is 4.79 Å². The molecule has 1 aromatic carbocycles. The van der Waals surface area contributed by atoms with Gasteiger partial charge in [-0.3, -0.25) is 4.79 Å². The third-order valence-electron chi connectivity index (χ3n) is 3.48. The summed E-state index contributed by atoms with van der Waals surface area (Å²) in [5, 5.41) is 13.1. The molecule has 23 heavy (non-hydrogen) atoms. The van der Waals surface area contributed by atoms with Gasteiger partial charge in [0, 0.05) is 5.02 Å². The number of aromatic nitrogens is 1. The molecule has 0 saturated heterocycles. The molecule has 0 spiro atoms. The highest BCUT2D eigenvalue weighted by Crippen LogP contribution is 2.25. The van der Waals surface area contributed by atoms with Crippen molar-refractivity contribution in [1.29, 1.82) is 0 Å². The molecule has 7 heteroatoms. The number of amides is 1. The highest BCUT2D eigenvalue weighted by Gasteiger charge is 2.22. The highest BCUT2D eigenvalue weighted by atomic mass is 35.5. The van der Waals surface area contributed by atoms with Crippen molar-refractivity contribution in [2.45, 2.75) is 32.7 Å². The molecule has 0 saturated carbocycles. The Morgan fingerprint density at radius 3 is 2.61 bits per heavy atom. The van der Waals surface area contributed by atoms with Crippen LogP contribution in [-0.4, -0.2) is 22.0 Å². The number of rotatable bonds is 5. The largest absolute Gasteiger partial charge is 0.477 e. The number of carbonyl (C=O) groups is 2. The van der Waals surface area contributed by atoms with Gasteiger partial charge in [0.15, 0.2) is 0 Å². The van der Waals surface area contributed by atoms with Crippen LogP contribution < -0.4 is 5.32 Å². The van der Waals surface area contributed by atoms with E-state index in [0.717, 1.165) is 16.9 Å². The second-order valence-corrected chi connectivity index (χ2v) is 6.75. The van der Waals surface area contributed by atoms with Crippen LogP contribution in [0.15, 0.2) is 24.3 Å². The lowest BCUT2D eigenvalue weighted by molar-refractivity contribution is -0.122. The summed E-state index contributed by atoms with van der Waals surface area (Å²) in [6.07, 6.45) is 0. The van der Waals surface area contributed by atoms with Crippen LogP contribution >= 0.6 is 22.9 Å². The minimum Gasteiger partial charge on any atom is -0.477 e. The maximum atomic E-state index is 12.4. The van der Waals surface area contributed by atoms with E-state index < -0.39 is 5.97 Å². The fraction of sp³-hybridized carbons (Fsp3) is 0.312. The molecule has 0 fully saturated rings. The molecule has 0 bridgehead atoms. The monoisotopic (exact) mass is 352 g/mol. The van der Waals surface area contributed by atoms with E-state index in [9.17, 15) is 9.59 Å². The highest BCUT2D eigenvalue weighted by molar-refractivity contribution is 7.13. The van der Waals surface area contributed by atoms with Gasteiger partial charge in [0.25, 0.3) is 0 Å². The lowest BCUT2D eigenvalue weighted by Crippen LogP contribution is -2.30. The molecule has 122 valence electrons. The first-order valence-electron chi connectivity index (χ1n) is 7.06. The molecule has 2 rings (SSSR count). The summed E-state index contributed by atoms with van der Waals surface area (Å²) in [7, 11) is 0. The van der Waals surface area contributed by atoms with Gasteiger partial charge in [-0.1, -0.05) is 23.7 Å². The van der Waals surface area contributed by atoms with E-state index in [0.29, 0.717) is 15.7 Å².